The van der Waals surface area contributed by atoms with Crippen molar-refractivity contribution in [2.75, 3.05) is 19.6 Å². The second-order valence-corrected chi connectivity index (χ2v) is 9.62. The lowest BCUT2D eigenvalue weighted by Gasteiger charge is -2.26. The number of nitrogens with zero attached hydrogens (tertiary/aromatic N) is 1. The Balaban J connectivity index is 1.32. The molecule has 0 unspecified atom stereocenters. The lowest BCUT2D eigenvalue weighted by atomic mass is 10.1. The number of hydrogen-bond acceptors (Lipinski definition) is 2. The number of aromatic nitrogens is 2. The maximum atomic E-state index is 12.7. The van der Waals surface area contributed by atoms with Gasteiger partial charge in [-0.3, -0.25) is 4.79 Å². The molecule has 160 valence electrons. The summed E-state index contributed by atoms with van der Waals surface area (Å²) >= 11 is 3.51. The van der Waals surface area contributed by atoms with E-state index in [4.69, 9.17) is 0 Å². The van der Waals surface area contributed by atoms with Crippen LogP contribution in [0.1, 0.15) is 37.7 Å². The lowest BCUT2D eigenvalue weighted by Crippen LogP contribution is -2.30. The van der Waals surface area contributed by atoms with Crippen LogP contribution in [-0.4, -0.2) is 34.5 Å². The standard InChI is InChI=1S/C26H28BrN3O/c27-21-8-10-24-20(15-21)16-22(26(31)29-24)25-17-19-14-18(7-9-23(19)28-25)6-2-5-13-30-11-3-1-4-12-30/h7-10,14-17,28H,1-6,11-13H2,(H,29,31). The fourth-order valence-corrected chi connectivity index (χ4v) is 5.09. The Kier molecular flexibility index (Phi) is 5.97. The van der Waals surface area contributed by atoms with Crippen molar-refractivity contribution < 1.29 is 0 Å². The minimum absolute atomic E-state index is 0.0701. The Morgan fingerprint density at radius 2 is 1.61 bits per heavy atom. The maximum Gasteiger partial charge on any atom is 0.257 e. The molecule has 0 aliphatic carbocycles. The number of halogens is 1. The number of nitrogens with one attached hydrogen (secondary N) is 2. The van der Waals surface area contributed by atoms with Crippen molar-refractivity contribution >= 4 is 37.7 Å². The predicted molar refractivity (Wildman–Crippen MR) is 133 cm³/mol. The fourth-order valence-electron chi connectivity index (χ4n) is 4.71. The molecule has 0 saturated carbocycles. The molecule has 0 spiro atoms. The molecule has 4 nitrogen and oxygen atoms in total. The molecule has 3 heterocycles. The number of hydrogen-bond donors (Lipinski definition) is 2. The van der Waals surface area contributed by atoms with Crippen LogP contribution in [-0.2, 0) is 6.42 Å². The van der Waals surface area contributed by atoms with Gasteiger partial charge in [-0.25, -0.2) is 0 Å². The third kappa shape index (κ3) is 4.63. The summed E-state index contributed by atoms with van der Waals surface area (Å²) in [6.07, 6.45) is 7.72. The number of aryl methyl sites for hydroxylation is 1. The van der Waals surface area contributed by atoms with E-state index in [1.54, 1.807) is 0 Å². The van der Waals surface area contributed by atoms with Crippen molar-refractivity contribution in [3.63, 3.8) is 0 Å². The van der Waals surface area contributed by atoms with E-state index in [1.165, 1.54) is 57.3 Å². The number of rotatable bonds is 6. The van der Waals surface area contributed by atoms with Crippen LogP contribution in [0.5, 0.6) is 0 Å². The number of piperidine rings is 1. The van der Waals surface area contributed by atoms with Crippen LogP contribution in [0.15, 0.2) is 57.8 Å². The van der Waals surface area contributed by atoms with E-state index in [0.717, 1.165) is 38.4 Å². The van der Waals surface area contributed by atoms with E-state index in [2.05, 4.69) is 55.1 Å². The van der Waals surface area contributed by atoms with Crippen molar-refractivity contribution in [2.24, 2.45) is 0 Å². The number of pyridine rings is 1. The zero-order chi connectivity index (χ0) is 21.2. The minimum atomic E-state index is -0.0701. The van der Waals surface area contributed by atoms with E-state index in [9.17, 15) is 4.79 Å². The number of H-pyrrole nitrogens is 2. The number of likely N-dealkylation sites (tertiary alicyclic amines) is 1. The molecule has 5 heteroatoms. The van der Waals surface area contributed by atoms with Crippen LogP contribution < -0.4 is 5.56 Å². The molecule has 5 rings (SSSR count). The first kappa shape index (κ1) is 20.5. The number of unbranched alkanes of at least 4 members (excludes halogenated alkanes) is 1. The highest BCUT2D eigenvalue weighted by atomic mass is 79.9. The van der Waals surface area contributed by atoms with Crippen LogP contribution in [0.3, 0.4) is 0 Å². The quantitative estimate of drug-likeness (QED) is 0.322. The van der Waals surface area contributed by atoms with Crippen molar-refractivity contribution in [2.45, 2.75) is 38.5 Å². The number of benzene rings is 2. The molecular weight excluding hydrogens is 450 g/mol. The number of aromatic amines is 2. The fraction of sp³-hybridized carbons (Fsp3) is 0.346. The topological polar surface area (TPSA) is 51.9 Å². The Morgan fingerprint density at radius 3 is 2.48 bits per heavy atom. The molecule has 1 saturated heterocycles. The van der Waals surface area contributed by atoms with E-state index >= 15 is 0 Å². The van der Waals surface area contributed by atoms with Gasteiger partial charge in [-0.1, -0.05) is 28.4 Å². The predicted octanol–water partition coefficient (Wildman–Crippen LogP) is 6.25. The zero-order valence-electron chi connectivity index (χ0n) is 17.7. The summed E-state index contributed by atoms with van der Waals surface area (Å²) in [4.78, 5) is 21.7. The van der Waals surface area contributed by atoms with Gasteiger partial charge in [-0.2, -0.15) is 0 Å². The molecule has 0 radical (unpaired) electrons. The first-order chi connectivity index (χ1) is 15.2. The Bertz CT molecular complexity index is 1270. The van der Waals surface area contributed by atoms with E-state index in [0.29, 0.717) is 5.56 Å². The molecule has 1 aliphatic rings. The molecule has 0 bridgehead atoms. The van der Waals surface area contributed by atoms with Crippen molar-refractivity contribution in [1.29, 1.82) is 0 Å². The zero-order valence-corrected chi connectivity index (χ0v) is 19.3. The van der Waals surface area contributed by atoms with Gasteiger partial charge < -0.3 is 14.9 Å². The lowest BCUT2D eigenvalue weighted by molar-refractivity contribution is 0.225. The van der Waals surface area contributed by atoms with Gasteiger partial charge in [0, 0.05) is 26.3 Å². The molecule has 4 aromatic rings. The van der Waals surface area contributed by atoms with Gasteiger partial charge >= 0.3 is 0 Å². The molecule has 2 N–H and O–H groups in total. The molecule has 0 atom stereocenters. The van der Waals surface area contributed by atoms with Gasteiger partial charge in [0.1, 0.15) is 0 Å². The van der Waals surface area contributed by atoms with Crippen molar-refractivity contribution in [1.82, 2.24) is 14.9 Å². The number of fused-ring (bicyclic) bond motifs is 2. The summed E-state index contributed by atoms with van der Waals surface area (Å²) in [6, 6.07) is 16.6. The van der Waals surface area contributed by atoms with E-state index in [1.807, 2.05) is 24.3 Å². The average Bonchev–Trinajstić information content (AvgIpc) is 3.20. The molecule has 2 aromatic carbocycles. The summed E-state index contributed by atoms with van der Waals surface area (Å²) < 4.78 is 1.000. The van der Waals surface area contributed by atoms with E-state index < -0.39 is 0 Å². The monoisotopic (exact) mass is 477 g/mol. The smallest absolute Gasteiger partial charge is 0.257 e. The SMILES string of the molecule is O=c1[nH]c2ccc(Br)cc2cc1-c1cc2cc(CCCCN3CCCCC3)ccc2[nH]1. The second-order valence-electron chi connectivity index (χ2n) is 8.71. The summed E-state index contributed by atoms with van der Waals surface area (Å²) in [5, 5.41) is 2.18. The van der Waals surface area contributed by atoms with Crippen LogP contribution in [0.25, 0.3) is 33.1 Å². The van der Waals surface area contributed by atoms with Crippen molar-refractivity contribution in [3.05, 3.63) is 68.9 Å². The molecule has 31 heavy (non-hydrogen) atoms. The summed E-state index contributed by atoms with van der Waals surface area (Å²) in [5.41, 5.74) is 4.75. The van der Waals surface area contributed by atoms with Crippen molar-refractivity contribution in [3.8, 4) is 11.3 Å². The van der Waals surface area contributed by atoms with Crippen LogP contribution in [0.4, 0.5) is 0 Å². The van der Waals surface area contributed by atoms with Crippen LogP contribution in [0.2, 0.25) is 0 Å². The highest BCUT2D eigenvalue weighted by molar-refractivity contribution is 9.10. The summed E-state index contributed by atoms with van der Waals surface area (Å²) in [5.74, 6) is 0. The molecule has 1 fully saturated rings. The highest BCUT2D eigenvalue weighted by Crippen LogP contribution is 2.26. The Labute approximate surface area is 190 Å². The van der Waals surface area contributed by atoms with Gasteiger partial charge in [0.25, 0.3) is 5.56 Å². The maximum absolute atomic E-state index is 12.7. The minimum Gasteiger partial charge on any atom is -0.354 e. The van der Waals surface area contributed by atoms with Crippen LogP contribution >= 0.6 is 15.9 Å². The largest absolute Gasteiger partial charge is 0.354 e. The van der Waals surface area contributed by atoms with Gasteiger partial charge in [-0.15, -0.1) is 0 Å². The Morgan fingerprint density at radius 1 is 0.839 bits per heavy atom. The van der Waals surface area contributed by atoms with Gasteiger partial charge in [0.15, 0.2) is 0 Å². The summed E-state index contributed by atoms with van der Waals surface area (Å²) in [6.45, 7) is 3.79. The molecular formula is C26H28BrN3O. The molecule has 0 amide bonds. The molecule has 1 aliphatic heterocycles. The summed E-state index contributed by atoms with van der Waals surface area (Å²) in [7, 11) is 0. The first-order valence-electron chi connectivity index (χ1n) is 11.3. The third-order valence-corrected chi connectivity index (χ3v) is 6.91. The normalized spacial score (nSPS) is 15.1. The molecule has 2 aromatic heterocycles. The highest BCUT2D eigenvalue weighted by Gasteiger charge is 2.11. The van der Waals surface area contributed by atoms with Gasteiger partial charge in [0.05, 0.1) is 11.3 Å². The Hall–Kier alpha value is -2.37. The second kappa shape index (κ2) is 9.01. The van der Waals surface area contributed by atoms with Gasteiger partial charge in [-0.05, 0) is 99.8 Å². The first-order valence-corrected chi connectivity index (χ1v) is 12.1. The van der Waals surface area contributed by atoms with Crippen LogP contribution in [0, 0.1) is 0 Å². The third-order valence-electron chi connectivity index (χ3n) is 6.42. The van der Waals surface area contributed by atoms with E-state index in [-0.39, 0.29) is 5.56 Å². The van der Waals surface area contributed by atoms with Gasteiger partial charge in [0.2, 0.25) is 0 Å². The average molecular weight is 478 g/mol.